The highest BCUT2D eigenvalue weighted by atomic mass is 16.5. The molecule has 110 valence electrons. The summed E-state index contributed by atoms with van der Waals surface area (Å²) in [5, 5.41) is 0. The second kappa shape index (κ2) is 6.39. The van der Waals surface area contributed by atoms with Crippen LogP contribution in [-0.4, -0.2) is 28.1 Å². The minimum atomic E-state index is -0.0226. The van der Waals surface area contributed by atoms with Crippen molar-refractivity contribution < 1.29 is 4.74 Å². The van der Waals surface area contributed by atoms with Crippen LogP contribution in [0.2, 0.25) is 0 Å². The highest BCUT2D eigenvalue weighted by molar-refractivity contribution is 5.94. The fraction of sp³-hybridized carbons (Fsp3) is 0.294. The predicted molar refractivity (Wildman–Crippen MR) is 87.3 cm³/mol. The molecule has 4 nitrogen and oxygen atoms in total. The van der Waals surface area contributed by atoms with E-state index in [4.69, 9.17) is 4.74 Å². The molecule has 4 heteroatoms. The summed E-state index contributed by atoms with van der Waals surface area (Å²) < 4.78 is 7.69. The van der Waals surface area contributed by atoms with Crippen LogP contribution in [0.5, 0.6) is 0 Å². The summed E-state index contributed by atoms with van der Waals surface area (Å²) in [7, 11) is 0. The normalized spacial score (nSPS) is 18.7. The summed E-state index contributed by atoms with van der Waals surface area (Å²) in [5.74, 6) is 0.591. The van der Waals surface area contributed by atoms with Crippen molar-refractivity contribution in [3.05, 3.63) is 60.8 Å². The van der Waals surface area contributed by atoms with Crippen LogP contribution in [0, 0.1) is 6.92 Å². The molecule has 2 heterocycles. The Bertz CT molecular complexity index is 647. The highest BCUT2D eigenvalue weighted by Gasteiger charge is 2.24. The molecule has 1 atom stereocenters. The van der Waals surface area contributed by atoms with Gasteiger partial charge in [0.25, 0.3) is 0 Å². The third-order valence-electron chi connectivity index (χ3n) is 3.41. The van der Waals surface area contributed by atoms with Crippen molar-refractivity contribution in [2.45, 2.75) is 26.8 Å². The largest absolute Gasteiger partial charge is 0.474 e. The number of aromatic nitrogens is 2. The van der Waals surface area contributed by atoms with Crippen molar-refractivity contribution >= 4 is 11.6 Å². The molecule has 0 bridgehead atoms. The maximum absolute atomic E-state index is 5.69. The predicted octanol–water partition coefficient (Wildman–Crippen LogP) is 3.52. The van der Waals surface area contributed by atoms with Gasteiger partial charge in [-0.15, -0.1) is 0 Å². The fourth-order valence-electron chi connectivity index (χ4n) is 2.24. The molecule has 21 heavy (non-hydrogen) atoms. The Hall–Kier alpha value is -2.36. The van der Waals surface area contributed by atoms with E-state index in [2.05, 4.69) is 23.1 Å². The number of allylic oxidation sites excluding steroid dienone is 4. The molecule has 0 aliphatic carbocycles. The molecule has 1 aromatic heterocycles. The molecule has 1 aromatic rings. The molecule has 0 saturated heterocycles. The molecule has 0 radical (unpaired) electrons. The molecule has 0 saturated carbocycles. The van der Waals surface area contributed by atoms with E-state index >= 15 is 0 Å². The monoisotopic (exact) mass is 283 g/mol. The second-order valence-corrected chi connectivity index (χ2v) is 4.93. The van der Waals surface area contributed by atoms with Crippen molar-refractivity contribution in [3.63, 3.8) is 0 Å². The Morgan fingerprint density at radius 2 is 2.29 bits per heavy atom. The summed E-state index contributed by atoms with van der Waals surface area (Å²) in [6.07, 6.45) is 9.39. The average molecular weight is 283 g/mol. The van der Waals surface area contributed by atoms with Gasteiger partial charge in [-0.1, -0.05) is 31.4 Å². The van der Waals surface area contributed by atoms with Crippen molar-refractivity contribution in [1.29, 1.82) is 0 Å². The van der Waals surface area contributed by atoms with Crippen LogP contribution >= 0.6 is 0 Å². The third-order valence-corrected chi connectivity index (χ3v) is 3.41. The van der Waals surface area contributed by atoms with Crippen LogP contribution in [0.25, 0.3) is 5.70 Å². The number of rotatable bonds is 5. The first-order valence-electron chi connectivity index (χ1n) is 6.94. The molecule has 0 fully saturated rings. The standard InChI is InChI=1S/C17H21N3O/c1-6-8-12(3)15-10-21-17(19-15)16-14(5)20(11-18-16)13(4)9-7-2/h6-9,11,15H,2-3,10H2,1,4-5H3/b8-6-,13-9+/t15-/m0/s1. The minimum absolute atomic E-state index is 0.0226. The molecule has 0 unspecified atom stereocenters. The molecule has 0 N–H and O–H groups in total. The molecule has 0 amide bonds. The van der Waals surface area contributed by atoms with E-state index in [0.29, 0.717) is 12.5 Å². The lowest BCUT2D eigenvalue weighted by Crippen LogP contribution is -2.07. The number of imidazole rings is 1. The lowest BCUT2D eigenvalue weighted by atomic mass is 10.1. The first kappa shape index (κ1) is 15.0. The van der Waals surface area contributed by atoms with Gasteiger partial charge >= 0.3 is 0 Å². The van der Waals surface area contributed by atoms with Crippen molar-refractivity contribution in [1.82, 2.24) is 9.55 Å². The Balaban J connectivity index is 2.28. The lowest BCUT2D eigenvalue weighted by molar-refractivity contribution is 0.329. The highest BCUT2D eigenvalue weighted by Crippen LogP contribution is 2.20. The smallest absolute Gasteiger partial charge is 0.238 e. The summed E-state index contributed by atoms with van der Waals surface area (Å²) >= 11 is 0. The second-order valence-electron chi connectivity index (χ2n) is 4.93. The Morgan fingerprint density at radius 3 is 2.95 bits per heavy atom. The maximum atomic E-state index is 5.69. The van der Waals surface area contributed by atoms with E-state index in [-0.39, 0.29) is 6.04 Å². The van der Waals surface area contributed by atoms with Gasteiger partial charge in [0.2, 0.25) is 5.90 Å². The first-order chi connectivity index (χ1) is 10.1. The van der Waals surface area contributed by atoms with E-state index in [0.717, 1.165) is 22.7 Å². The summed E-state index contributed by atoms with van der Waals surface area (Å²) in [6.45, 7) is 14.2. The van der Waals surface area contributed by atoms with Gasteiger partial charge in [-0.3, -0.25) is 0 Å². The number of aliphatic imine (C=N–C) groups is 1. The van der Waals surface area contributed by atoms with Crippen molar-refractivity contribution in [2.24, 2.45) is 4.99 Å². The Kier molecular flexibility index (Phi) is 4.58. The van der Waals surface area contributed by atoms with Crippen LogP contribution < -0.4 is 0 Å². The SMILES string of the molecule is C=C/C=C(\C)n1cnc(C2=N[C@H](C(=C)/C=C\C)CO2)c1C. The summed E-state index contributed by atoms with van der Waals surface area (Å²) in [5.41, 5.74) is 3.78. The molecular formula is C17H21N3O. The van der Waals surface area contributed by atoms with Crippen LogP contribution in [0.3, 0.4) is 0 Å². The number of hydrogen-bond donors (Lipinski definition) is 0. The first-order valence-corrected chi connectivity index (χ1v) is 6.94. The van der Waals surface area contributed by atoms with E-state index in [1.807, 2.05) is 43.6 Å². The molecule has 1 aliphatic rings. The zero-order valence-electron chi connectivity index (χ0n) is 12.8. The average Bonchev–Trinajstić information content (AvgIpc) is 3.05. The van der Waals surface area contributed by atoms with E-state index in [1.54, 1.807) is 12.4 Å². The van der Waals surface area contributed by atoms with Crippen molar-refractivity contribution in [3.8, 4) is 0 Å². The number of hydrogen-bond acceptors (Lipinski definition) is 3. The van der Waals surface area contributed by atoms with Gasteiger partial charge in [-0.25, -0.2) is 9.98 Å². The van der Waals surface area contributed by atoms with E-state index < -0.39 is 0 Å². The number of nitrogens with zero attached hydrogens (tertiary/aromatic N) is 3. The van der Waals surface area contributed by atoms with Gasteiger partial charge in [0.05, 0.1) is 5.69 Å². The summed E-state index contributed by atoms with van der Waals surface area (Å²) in [6, 6.07) is -0.0226. The Morgan fingerprint density at radius 1 is 1.52 bits per heavy atom. The van der Waals surface area contributed by atoms with Gasteiger partial charge < -0.3 is 9.30 Å². The van der Waals surface area contributed by atoms with Gasteiger partial charge in [0.15, 0.2) is 0 Å². The zero-order valence-corrected chi connectivity index (χ0v) is 12.8. The topological polar surface area (TPSA) is 39.4 Å². The van der Waals surface area contributed by atoms with Gasteiger partial charge in [0.1, 0.15) is 24.7 Å². The minimum Gasteiger partial charge on any atom is -0.474 e. The van der Waals surface area contributed by atoms with Crippen molar-refractivity contribution in [2.75, 3.05) is 6.61 Å². The molecule has 0 aromatic carbocycles. The van der Waals surface area contributed by atoms with Gasteiger partial charge in [0, 0.05) is 5.70 Å². The molecule has 0 spiro atoms. The lowest BCUT2D eigenvalue weighted by Gasteiger charge is -2.05. The third kappa shape index (κ3) is 3.05. The fourth-order valence-corrected chi connectivity index (χ4v) is 2.24. The van der Waals surface area contributed by atoms with Crippen LogP contribution in [0.15, 0.2) is 54.4 Å². The van der Waals surface area contributed by atoms with Gasteiger partial charge in [-0.05, 0) is 32.4 Å². The van der Waals surface area contributed by atoms with E-state index in [1.165, 1.54) is 0 Å². The summed E-state index contributed by atoms with van der Waals surface area (Å²) in [4.78, 5) is 9.01. The zero-order chi connectivity index (χ0) is 15.4. The quantitative estimate of drug-likeness (QED) is 0.776. The molecule has 2 rings (SSSR count). The molecule has 1 aliphatic heterocycles. The molecular weight excluding hydrogens is 262 g/mol. The number of ether oxygens (including phenoxy) is 1. The maximum Gasteiger partial charge on any atom is 0.238 e. The van der Waals surface area contributed by atoms with Crippen LogP contribution in [0.4, 0.5) is 0 Å². The van der Waals surface area contributed by atoms with Gasteiger partial charge in [-0.2, -0.15) is 0 Å². The van der Waals surface area contributed by atoms with E-state index in [9.17, 15) is 0 Å². The van der Waals surface area contributed by atoms with Crippen LogP contribution in [-0.2, 0) is 4.74 Å². The Labute approximate surface area is 125 Å². The van der Waals surface area contributed by atoms with Crippen LogP contribution in [0.1, 0.15) is 25.2 Å².